The van der Waals surface area contributed by atoms with Crippen LogP contribution in [-0.4, -0.2) is 51.6 Å². The van der Waals surface area contributed by atoms with Crippen molar-refractivity contribution in [1.29, 1.82) is 5.26 Å². The Hall–Kier alpha value is -3.95. The smallest absolute Gasteiger partial charge is 0.367 e. The summed E-state index contributed by atoms with van der Waals surface area (Å²) in [6, 6.07) is 1.25. The van der Waals surface area contributed by atoms with Crippen LogP contribution >= 0.6 is 0 Å². The van der Waals surface area contributed by atoms with Crippen molar-refractivity contribution in [2.24, 2.45) is 0 Å². The van der Waals surface area contributed by atoms with Gasteiger partial charge in [0.15, 0.2) is 0 Å². The molecule has 0 unspecified atom stereocenters. The molecule has 13 heteroatoms. The molecule has 1 amide bonds. The molecule has 36 heavy (non-hydrogen) atoms. The summed E-state index contributed by atoms with van der Waals surface area (Å²) in [5, 5.41) is 25.4. The zero-order chi connectivity index (χ0) is 26.4. The second kappa shape index (κ2) is 8.92. The van der Waals surface area contributed by atoms with Crippen molar-refractivity contribution >= 4 is 11.6 Å². The Morgan fingerprint density at radius 1 is 1.25 bits per heavy atom. The number of alkyl halides is 3. The fourth-order valence-corrected chi connectivity index (χ4v) is 4.49. The van der Waals surface area contributed by atoms with Crippen LogP contribution in [0.15, 0.2) is 18.3 Å². The largest absolute Gasteiger partial charge is 0.408 e. The van der Waals surface area contributed by atoms with Crippen LogP contribution in [0.4, 0.5) is 27.6 Å². The van der Waals surface area contributed by atoms with Crippen molar-refractivity contribution in [3.05, 3.63) is 52.6 Å². The molecule has 1 aromatic carbocycles. The molecule has 1 fully saturated rings. The first kappa shape index (κ1) is 25.2. The summed E-state index contributed by atoms with van der Waals surface area (Å²) in [4.78, 5) is 13.6. The lowest BCUT2D eigenvalue weighted by atomic mass is 9.72. The highest BCUT2D eigenvalue weighted by Gasteiger charge is 2.49. The normalized spacial score (nSPS) is 15.8. The van der Waals surface area contributed by atoms with Crippen LogP contribution in [0.25, 0.3) is 11.1 Å². The van der Waals surface area contributed by atoms with E-state index in [1.807, 2.05) is 13.8 Å². The molecule has 3 heterocycles. The van der Waals surface area contributed by atoms with Crippen molar-refractivity contribution in [3.63, 3.8) is 0 Å². The summed E-state index contributed by atoms with van der Waals surface area (Å²) in [6.07, 6.45) is -2.99. The van der Waals surface area contributed by atoms with Gasteiger partial charge in [-0.25, -0.2) is 8.78 Å². The van der Waals surface area contributed by atoms with Crippen LogP contribution in [0.5, 0.6) is 0 Å². The van der Waals surface area contributed by atoms with E-state index in [9.17, 15) is 32.0 Å². The summed E-state index contributed by atoms with van der Waals surface area (Å²) in [5.74, 6) is -3.52. The minimum Gasteiger partial charge on any atom is -0.367 e. The number of carbonyl (C=O) groups excluding carboxylic acids is 1. The maximum Gasteiger partial charge on any atom is 0.408 e. The van der Waals surface area contributed by atoms with Crippen LogP contribution in [-0.2, 0) is 5.41 Å². The molecule has 190 valence electrons. The van der Waals surface area contributed by atoms with Gasteiger partial charge in [-0.05, 0) is 26.8 Å². The van der Waals surface area contributed by atoms with Gasteiger partial charge in [-0.3, -0.25) is 15.0 Å². The van der Waals surface area contributed by atoms with Gasteiger partial charge >= 0.3 is 6.18 Å². The van der Waals surface area contributed by atoms with Crippen LogP contribution < -0.4 is 10.2 Å². The van der Waals surface area contributed by atoms with Gasteiger partial charge in [0.25, 0.3) is 5.91 Å². The third-order valence-corrected chi connectivity index (χ3v) is 6.41. The Morgan fingerprint density at radius 2 is 1.94 bits per heavy atom. The fraction of sp³-hybridized carbons (Fsp3) is 0.391. The first-order valence-corrected chi connectivity index (χ1v) is 10.9. The number of H-pyrrole nitrogens is 2. The number of rotatable bonds is 6. The van der Waals surface area contributed by atoms with Gasteiger partial charge in [0.2, 0.25) is 0 Å². The summed E-state index contributed by atoms with van der Waals surface area (Å²) >= 11 is 0. The highest BCUT2D eigenvalue weighted by molar-refractivity contribution is 5.95. The van der Waals surface area contributed by atoms with Crippen LogP contribution in [0.2, 0.25) is 0 Å². The number of hydrogen-bond donors (Lipinski definition) is 3. The summed E-state index contributed by atoms with van der Waals surface area (Å²) in [7, 11) is 0. The minimum atomic E-state index is -4.73. The highest BCUT2D eigenvalue weighted by Crippen LogP contribution is 2.44. The van der Waals surface area contributed by atoms with Gasteiger partial charge in [-0.1, -0.05) is 0 Å². The number of halogens is 5. The second-order valence-electron chi connectivity index (χ2n) is 8.95. The molecule has 1 aliphatic rings. The number of anilines is 1. The number of nitriles is 1. The van der Waals surface area contributed by atoms with Crippen molar-refractivity contribution < 1.29 is 26.7 Å². The Labute approximate surface area is 202 Å². The van der Waals surface area contributed by atoms with Crippen LogP contribution in [0, 0.1) is 36.8 Å². The summed E-state index contributed by atoms with van der Waals surface area (Å²) in [5.41, 5.74) is 1.90. The molecular formula is C23H22F5N7O. The average molecular weight is 507 g/mol. The first-order valence-electron chi connectivity index (χ1n) is 10.9. The molecular weight excluding hydrogens is 485 g/mol. The number of aromatic amines is 2. The van der Waals surface area contributed by atoms with E-state index in [0.717, 1.165) is 28.6 Å². The van der Waals surface area contributed by atoms with Crippen molar-refractivity contribution in [3.8, 4) is 17.2 Å². The standard InChI is InChI=1S/C23H22F5N7O/c1-11-19(12(2)33-32-11)15-8-30-34-20(15)22(4-5-29)9-35(10-22)18-7-16(24)14(6-17(18)25)21(36)31-13(3)23(26,27)28/h6-8,13H,4,9-10H2,1-3H3,(H,30,34)(H,31,36)(H,32,33)/t13-/m0/s1. The van der Waals surface area contributed by atoms with Crippen LogP contribution in [0.1, 0.15) is 40.8 Å². The molecule has 0 saturated carbocycles. The van der Waals surface area contributed by atoms with E-state index in [1.165, 1.54) is 4.90 Å². The predicted octanol–water partition coefficient (Wildman–Crippen LogP) is 4.05. The van der Waals surface area contributed by atoms with E-state index in [4.69, 9.17) is 0 Å². The van der Waals surface area contributed by atoms with E-state index < -0.39 is 40.7 Å². The van der Waals surface area contributed by atoms with Gasteiger partial charge in [-0.2, -0.15) is 28.6 Å². The second-order valence-corrected chi connectivity index (χ2v) is 8.95. The van der Waals surface area contributed by atoms with Gasteiger partial charge < -0.3 is 10.2 Å². The number of aryl methyl sites for hydroxylation is 2. The zero-order valence-corrected chi connectivity index (χ0v) is 19.5. The van der Waals surface area contributed by atoms with E-state index in [0.29, 0.717) is 18.7 Å². The zero-order valence-electron chi connectivity index (χ0n) is 19.5. The molecule has 0 spiro atoms. The van der Waals surface area contributed by atoms with E-state index in [2.05, 4.69) is 26.5 Å². The van der Waals surface area contributed by atoms with Crippen LogP contribution in [0.3, 0.4) is 0 Å². The number of nitrogens with one attached hydrogen (secondary N) is 3. The molecule has 2 aromatic heterocycles. The lowest BCUT2D eigenvalue weighted by molar-refractivity contribution is -0.149. The van der Waals surface area contributed by atoms with E-state index in [-0.39, 0.29) is 25.2 Å². The number of aromatic nitrogens is 4. The Morgan fingerprint density at radius 3 is 2.53 bits per heavy atom. The van der Waals surface area contributed by atoms with Crippen molar-refractivity contribution in [2.45, 2.75) is 44.8 Å². The number of benzene rings is 1. The Bertz CT molecular complexity index is 1330. The van der Waals surface area contributed by atoms with Gasteiger partial charge in [0, 0.05) is 48.6 Å². The molecule has 0 aliphatic carbocycles. The Balaban J connectivity index is 1.60. The summed E-state index contributed by atoms with van der Waals surface area (Å²) in [6.45, 7) is 4.63. The quantitative estimate of drug-likeness (QED) is 0.436. The first-order chi connectivity index (χ1) is 16.9. The Kier molecular flexibility index (Phi) is 6.24. The highest BCUT2D eigenvalue weighted by atomic mass is 19.4. The SMILES string of the molecule is Cc1n[nH]c(C)c1-c1c[nH]nc1C1(CC#N)CN(c2cc(F)c(C(=O)N[C@@H](C)C(F)(F)F)cc2F)C1. The summed E-state index contributed by atoms with van der Waals surface area (Å²) < 4.78 is 67.8. The molecule has 1 atom stereocenters. The number of amides is 1. The third-order valence-electron chi connectivity index (χ3n) is 6.41. The monoisotopic (exact) mass is 507 g/mol. The topological polar surface area (TPSA) is 113 Å². The average Bonchev–Trinajstić information content (AvgIpc) is 3.37. The van der Waals surface area contributed by atoms with Gasteiger partial charge in [-0.15, -0.1) is 0 Å². The molecule has 4 rings (SSSR count). The third kappa shape index (κ3) is 4.27. The lowest BCUT2D eigenvalue weighted by Crippen LogP contribution is -2.60. The van der Waals surface area contributed by atoms with Gasteiger partial charge in [0.05, 0.1) is 34.1 Å². The molecule has 1 saturated heterocycles. The number of carbonyl (C=O) groups is 1. The molecule has 3 N–H and O–H groups in total. The van der Waals surface area contributed by atoms with Crippen molar-refractivity contribution in [1.82, 2.24) is 25.7 Å². The van der Waals surface area contributed by atoms with E-state index in [1.54, 1.807) is 11.5 Å². The predicted molar refractivity (Wildman–Crippen MR) is 119 cm³/mol. The molecule has 1 aliphatic heterocycles. The fourth-order valence-electron chi connectivity index (χ4n) is 4.49. The molecule has 0 bridgehead atoms. The van der Waals surface area contributed by atoms with E-state index >= 15 is 0 Å². The minimum absolute atomic E-state index is 0.0528. The maximum atomic E-state index is 14.9. The molecule has 0 radical (unpaired) electrons. The maximum absolute atomic E-state index is 14.9. The van der Waals surface area contributed by atoms with Gasteiger partial charge in [0.1, 0.15) is 17.7 Å². The number of nitrogens with zero attached hydrogens (tertiary/aromatic N) is 4. The molecule has 3 aromatic rings. The lowest BCUT2D eigenvalue weighted by Gasteiger charge is -2.50. The van der Waals surface area contributed by atoms with Crippen molar-refractivity contribution in [2.75, 3.05) is 18.0 Å². The number of hydrogen-bond acceptors (Lipinski definition) is 5. The molecule has 8 nitrogen and oxygen atoms in total.